The number of halogens is 1. The van der Waals surface area contributed by atoms with E-state index < -0.39 is 11.0 Å². The van der Waals surface area contributed by atoms with Gasteiger partial charge in [-0.15, -0.1) is 0 Å². The molecule has 1 heterocycles. The minimum Gasteiger partial charge on any atom is -0.301 e. The minimum atomic E-state index is -0.890. The third-order valence-electron chi connectivity index (χ3n) is 7.55. The number of benzene rings is 1. The van der Waals surface area contributed by atoms with E-state index in [1.807, 2.05) is 12.1 Å². The molecule has 4 saturated carbocycles. The van der Waals surface area contributed by atoms with E-state index >= 15 is 0 Å². The van der Waals surface area contributed by atoms with Crippen molar-refractivity contribution in [3.8, 4) is 0 Å². The van der Waals surface area contributed by atoms with Crippen LogP contribution in [0.1, 0.15) is 50.5 Å². The van der Waals surface area contributed by atoms with Gasteiger partial charge in [0, 0.05) is 19.1 Å². The average molecular weight is 391 g/mol. The summed E-state index contributed by atoms with van der Waals surface area (Å²) in [5.74, 6) is 2.37. The summed E-state index contributed by atoms with van der Waals surface area (Å²) in [4.78, 5) is 2.46. The molecule has 0 amide bonds. The van der Waals surface area contributed by atoms with E-state index in [0.717, 1.165) is 50.2 Å². The highest BCUT2D eigenvalue weighted by atomic mass is 32.2. The minimum absolute atomic E-state index is 0.0796. The molecule has 0 aromatic heterocycles. The van der Waals surface area contributed by atoms with E-state index in [4.69, 9.17) is 0 Å². The molecule has 1 saturated heterocycles. The van der Waals surface area contributed by atoms with Crippen LogP contribution in [0.5, 0.6) is 0 Å². The summed E-state index contributed by atoms with van der Waals surface area (Å²) in [5, 5.41) is 0. The topological polar surface area (TPSA) is 32.3 Å². The van der Waals surface area contributed by atoms with Crippen LogP contribution in [-0.2, 0) is 17.4 Å². The second-order valence-corrected chi connectivity index (χ2v) is 11.3. The Kier molecular flexibility index (Phi) is 4.89. The maximum Gasteiger partial charge on any atom is 0.123 e. The third-order valence-corrected chi connectivity index (χ3v) is 9.39. The number of nitrogens with zero attached hydrogens (tertiary/aromatic N) is 1. The molecule has 3 nitrogen and oxygen atoms in total. The van der Waals surface area contributed by atoms with Gasteiger partial charge in [-0.1, -0.05) is 12.1 Å². The van der Waals surface area contributed by atoms with Crippen molar-refractivity contribution in [2.24, 2.45) is 17.8 Å². The van der Waals surface area contributed by atoms with Crippen LogP contribution < -0.4 is 4.72 Å². The summed E-state index contributed by atoms with van der Waals surface area (Å²) >= 11 is 0. The van der Waals surface area contributed by atoms with Crippen LogP contribution in [0, 0.1) is 23.6 Å². The van der Waals surface area contributed by atoms with Crippen LogP contribution in [-0.4, -0.2) is 39.5 Å². The molecule has 0 spiro atoms. The van der Waals surface area contributed by atoms with Crippen molar-refractivity contribution in [1.82, 2.24) is 9.62 Å². The van der Waals surface area contributed by atoms with E-state index in [9.17, 15) is 8.60 Å². The maximum absolute atomic E-state index is 13.3. The van der Waals surface area contributed by atoms with Gasteiger partial charge in [0.2, 0.25) is 0 Å². The molecule has 1 aromatic rings. The second-order valence-electron chi connectivity index (χ2n) is 9.65. The molecule has 1 N–H and O–H groups in total. The molecule has 0 radical (unpaired) electrons. The van der Waals surface area contributed by atoms with Crippen LogP contribution in [0.25, 0.3) is 0 Å². The molecule has 5 aliphatic rings. The SMILES string of the molecule is O=S(NC1CCN(CCc2ccc(F)cc2)C1)C12CC3CC(CC(C3)C1)C2. The van der Waals surface area contributed by atoms with Gasteiger partial charge in [-0.2, -0.15) is 0 Å². The van der Waals surface area contributed by atoms with E-state index in [-0.39, 0.29) is 10.6 Å². The van der Waals surface area contributed by atoms with Crippen molar-refractivity contribution in [1.29, 1.82) is 0 Å². The lowest BCUT2D eigenvalue weighted by atomic mass is 9.56. The first-order valence-electron chi connectivity index (χ1n) is 10.7. The lowest BCUT2D eigenvalue weighted by Crippen LogP contribution is -2.56. The Hall–Kier alpha value is -0.780. The van der Waals surface area contributed by atoms with Crippen molar-refractivity contribution in [3.63, 3.8) is 0 Å². The Bertz CT molecular complexity index is 671. The number of nitrogens with one attached hydrogen (secondary N) is 1. The van der Waals surface area contributed by atoms with Crippen LogP contribution in [0.2, 0.25) is 0 Å². The zero-order chi connectivity index (χ0) is 18.4. The zero-order valence-electron chi connectivity index (χ0n) is 16.0. The van der Waals surface area contributed by atoms with Crippen LogP contribution >= 0.6 is 0 Å². The highest BCUT2D eigenvalue weighted by Crippen LogP contribution is 2.57. The lowest BCUT2D eigenvalue weighted by molar-refractivity contribution is 0.0355. The van der Waals surface area contributed by atoms with Crippen molar-refractivity contribution < 1.29 is 8.60 Å². The molecular weight excluding hydrogens is 359 g/mol. The van der Waals surface area contributed by atoms with Crippen LogP contribution in [0.4, 0.5) is 4.39 Å². The molecule has 27 heavy (non-hydrogen) atoms. The average Bonchev–Trinajstić information content (AvgIpc) is 3.07. The van der Waals surface area contributed by atoms with Gasteiger partial charge >= 0.3 is 0 Å². The molecule has 6 rings (SSSR count). The highest BCUT2D eigenvalue weighted by Gasteiger charge is 2.54. The maximum atomic E-state index is 13.3. The summed E-state index contributed by atoms with van der Waals surface area (Å²) in [6.07, 6.45) is 9.82. The second kappa shape index (κ2) is 7.23. The van der Waals surface area contributed by atoms with Gasteiger partial charge in [0.25, 0.3) is 0 Å². The van der Waals surface area contributed by atoms with Gasteiger partial charge in [0.05, 0.1) is 15.7 Å². The summed E-state index contributed by atoms with van der Waals surface area (Å²) < 4.78 is 30.0. The predicted octanol–water partition coefficient (Wildman–Crippen LogP) is 3.66. The molecule has 5 fully saturated rings. The number of rotatable bonds is 6. The Labute approximate surface area is 164 Å². The van der Waals surface area contributed by atoms with Gasteiger partial charge < -0.3 is 4.90 Å². The van der Waals surface area contributed by atoms with Gasteiger partial charge in [0.1, 0.15) is 5.82 Å². The first-order chi connectivity index (χ1) is 13.1. The standard InChI is InChI=1S/C22H31FN2OS/c23-20-3-1-16(2-4-20)5-7-25-8-6-21(15-25)24-27(26)22-12-17-9-18(13-22)11-19(10-17)14-22/h1-4,17-19,21,24H,5-15H2. The quantitative estimate of drug-likeness (QED) is 0.804. The summed E-state index contributed by atoms with van der Waals surface area (Å²) in [6, 6.07) is 7.19. The van der Waals surface area contributed by atoms with Crippen molar-refractivity contribution in [3.05, 3.63) is 35.6 Å². The number of hydrogen-bond acceptors (Lipinski definition) is 2. The van der Waals surface area contributed by atoms with Crippen molar-refractivity contribution in [2.75, 3.05) is 19.6 Å². The predicted molar refractivity (Wildman–Crippen MR) is 107 cm³/mol. The molecule has 1 aromatic carbocycles. The Morgan fingerprint density at radius 1 is 1.07 bits per heavy atom. The highest BCUT2D eigenvalue weighted by molar-refractivity contribution is 7.84. The third kappa shape index (κ3) is 3.75. The first-order valence-corrected chi connectivity index (χ1v) is 11.9. The molecule has 4 aliphatic carbocycles. The summed E-state index contributed by atoms with van der Waals surface area (Å²) in [6.45, 7) is 3.05. The van der Waals surface area contributed by atoms with Crippen LogP contribution in [0.3, 0.4) is 0 Å². The smallest absolute Gasteiger partial charge is 0.123 e. The molecular formula is C22H31FN2OS. The van der Waals surface area contributed by atoms with E-state index in [0.29, 0.717) is 6.04 Å². The van der Waals surface area contributed by atoms with Gasteiger partial charge in [-0.3, -0.25) is 0 Å². The molecule has 4 bridgehead atoms. The van der Waals surface area contributed by atoms with E-state index in [2.05, 4.69) is 9.62 Å². The normalized spacial score (nSPS) is 39.1. The van der Waals surface area contributed by atoms with E-state index in [1.165, 1.54) is 56.2 Å². The fraction of sp³-hybridized carbons (Fsp3) is 0.727. The van der Waals surface area contributed by atoms with Crippen LogP contribution in [0.15, 0.2) is 24.3 Å². The van der Waals surface area contributed by atoms with Gasteiger partial charge in [0.15, 0.2) is 0 Å². The number of hydrogen-bond donors (Lipinski definition) is 1. The molecule has 1 aliphatic heterocycles. The van der Waals surface area contributed by atoms with E-state index in [1.54, 1.807) is 0 Å². The van der Waals surface area contributed by atoms with Gasteiger partial charge in [-0.25, -0.2) is 13.3 Å². The van der Waals surface area contributed by atoms with Crippen molar-refractivity contribution >= 4 is 11.0 Å². The summed E-state index contributed by atoms with van der Waals surface area (Å²) in [7, 11) is -0.890. The zero-order valence-corrected chi connectivity index (χ0v) is 16.9. The van der Waals surface area contributed by atoms with Crippen molar-refractivity contribution in [2.45, 2.75) is 62.2 Å². The largest absolute Gasteiger partial charge is 0.301 e. The van der Waals surface area contributed by atoms with Gasteiger partial charge in [-0.05, 0) is 93.4 Å². The number of likely N-dealkylation sites (tertiary alicyclic amines) is 1. The molecule has 148 valence electrons. The Morgan fingerprint density at radius 3 is 2.33 bits per heavy atom. The monoisotopic (exact) mass is 390 g/mol. The first kappa shape index (κ1) is 18.3. The fourth-order valence-corrected chi connectivity index (χ4v) is 8.51. The molecule has 5 heteroatoms. The molecule has 2 unspecified atom stereocenters. The Balaban J connectivity index is 1.13. The fourth-order valence-electron chi connectivity index (χ4n) is 6.60. The summed E-state index contributed by atoms with van der Waals surface area (Å²) in [5.41, 5.74) is 1.19. The lowest BCUT2D eigenvalue weighted by Gasteiger charge is -2.56. The molecule has 2 atom stereocenters. The Morgan fingerprint density at radius 2 is 1.70 bits per heavy atom.